The van der Waals surface area contributed by atoms with Gasteiger partial charge in [-0.3, -0.25) is 0 Å². The fourth-order valence-electron chi connectivity index (χ4n) is 3.75. The minimum atomic E-state index is -4.07. The Morgan fingerprint density at radius 2 is 1.63 bits per heavy atom. The van der Waals surface area contributed by atoms with Crippen LogP contribution in [0.25, 0.3) is 0 Å². The average molecular weight is 431 g/mol. The highest BCUT2D eigenvalue weighted by Crippen LogP contribution is 2.44. The number of benzene rings is 2. The minimum absolute atomic E-state index is 0.153. The van der Waals surface area contributed by atoms with E-state index in [-0.39, 0.29) is 10.7 Å². The lowest BCUT2D eigenvalue weighted by molar-refractivity contribution is 0.0600. The van der Waals surface area contributed by atoms with Crippen molar-refractivity contribution in [2.75, 3.05) is 7.11 Å². The van der Waals surface area contributed by atoms with Gasteiger partial charge in [0.1, 0.15) is 17.2 Å². The predicted octanol–water partition coefficient (Wildman–Crippen LogP) is 3.21. The molecule has 0 bridgehead atoms. The van der Waals surface area contributed by atoms with Crippen LogP contribution < -0.4 is 10.5 Å². The molecule has 0 atom stereocenters. The topological polar surface area (TPSA) is 108 Å². The lowest BCUT2D eigenvalue weighted by Gasteiger charge is -2.18. The van der Waals surface area contributed by atoms with Crippen molar-refractivity contribution in [1.82, 2.24) is 0 Å². The molecule has 0 spiro atoms. The number of methoxy groups -OCH3 is 1. The molecule has 0 aromatic heterocycles. The number of nitrogens with zero attached hydrogens (tertiary/aromatic N) is 1. The van der Waals surface area contributed by atoms with E-state index in [0.29, 0.717) is 28.7 Å². The zero-order valence-corrected chi connectivity index (χ0v) is 18.8. The number of sulfonamides is 1. The Hall–Kier alpha value is -2.87. The molecular weight excluding hydrogens is 404 g/mol. The van der Waals surface area contributed by atoms with Crippen LogP contribution in [0.4, 0.5) is 0 Å². The highest BCUT2D eigenvalue weighted by atomic mass is 32.2. The highest BCUT2D eigenvalue weighted by Gasteiger charge is 2.36. The number of ether oxygens (including phenoxy) is 2. The van der Waals surface area contributed by atoms with Gasteiger partial charge >= 0.3 is 5.97 Å². The molecule has 2 aromatic carbocycles. The van der Waals surface area contributed by atoms with Crippen LogP contribution in [-0.2, 0) is 21.2 Å². The van der Waals surface area contributed by atoms with Crippen molar-refractivity contribution in [2.24, 2.45) is 10.1 Å². The molecule has 0 radical (unpaired) electrons. The molecule has 0 saturated carbocycles. The zero-order valence-electron chi connectivity index (χ0n) is 18.0. The quantitative estimate of drug-likeness (QED) is 0.453. The molecule has 7 nitrogen and oxygen atoms in total. The summed E-state index contributed by atoms with van der Waals surface area (Å²) in [6, 6.07) is 6.08. The monoisotopic (exact) mass is 430 g/mol. The second-order valence-corrected chi connectivity index (χ2v) is 9.61. The van der Waals surface area contributed by atoms with Crippen LogP contribution in [0.3, 0.4) is 0 Å². The summed E-state index contributed by atoms with van der Waals surface area (Å²) in [6.07, 6.45) is 0.617. The lowest BCUT2D eigenvalue weighted by Crippen LogP contribution is -2.24. The van der Waals surface area contributed by atoms with Gasteiger partial charge in [0.25, 0.3) is 10.0 Å². The van der Waals surface area contributed by atoms with Crippen molar-refractivity contribution in [3.63, 3.8) is 0 Å². The van der Waals surface area contributed by atoms with Gasteiger partial charge in [0, 0.05) is 17.5 Å². The minimum Gasteiger partial charge on any atom is -0.487 e. The van der Waals surface area contributed by atoms with E-state index in [9.17, 15) is 13.2 Å². The van der Waals surface area contributed by atoms with E-state index in [2.05, 4.69) is 9.13 Å². The summed E-state index contributed by atoms with van der Waals surface area (Å²) in [5, 5.41) is 0. The van der Waals surface area contributed by atoms with Gasteiger partial charge in [-0.2, -0.15) is 8.42 Å². The van der Waals surface area contributed by atoms with E-state index in [4.69, 9.17) is 10.5 Å². The summed E-state index contributed by atoms with van der Waals surface area (Å²) in [6.45, 7) is 9.33. The molecule has 2 N–H and O–H groups in total. The molecule has 0 saturated heterocycles. The SMILES string of the molecule is COC(=O)c1ccc(C(N)=NS(=O)(=O)c2c(C)c(C)c3c(c2C)CC(C)(C)O3)cc1. The third-order valence-corrected chi connectivity index (χ3v) is 6.94. The molecule has 0 fully saturated rings. The molecule has 2 aromatic rings. The van der Waals surface area contributed by atoms with Crippen LogP contribution in [0.1, 0.15) is 52.0 Å². The van der Waals surface area contributed by atoms with E-state index in [1.807, 2.05) is 20.8 Å². The summed E-state index contributed by atoms with van der Waals surface area (Å²) in [7, 11) is -2.78. The van der Waals surface area contributed by atoms with E-state index in [0.717, 1.165) is 16.9 Å². The molecule has 0 unspecified atom stereocenters. The summed E-state index contributed by atoms with van der Waals surface area (Å²) >= 11 is 0. The maximum atomic E-state index is 13.2. The normalized spacial score (nSPS) is 15.5. The van der Waals surface area contributed by atoms with Gasteiger partial charge in [-0.1, -0.05) is 12.1 Å². The summed E-state index contributed by atoms with van der Waals surface area (Å²) in [4.78, 5) is 11.7. The fraction of sp³-hybridized carbons (Fsp3) is 0.364. The van der Waals surface area contributed by atoms with Crippen LogP contribution in [-0.4, -0.2) is 32.9 Å². The molecule has 3 rings (SSSR count). The van der Waals surface area contributed by atoms with Crippen molar-refractivity contribution in [1.29, 1.82) is 0 Å². The number of carbonyl (C=O) groups is 1. The van der Waals surface area contributed by atoms with E-state index < -0.39 is 21.6 Å². The first-order chi connectivity index (χ1) is 13.9. The number of hydrogen-bond acceptors (Lipinski definition) is 5. The molecule has 8 heteroatoms. The summed E-state index contributed by atoms with van der Waals surface area (Å²) in [5.74, 6) is 0.110. The molecular formula is C22H26N2O5S. The lowest BCUT2D eigenvalue weighted by atomic mass is 9.94. The summed E-state index contributed by atoms with van der Waals surface area (Å²) < 4.78 is 41.0. The first-order valence-corrected chi connectivity index (χ1v) is 10.9. The maximum absolute atomic E-state index is 13.2. The molecule has 1 aliphatic heterocycles. The fourth-order valence-corrected chi connectivity index (χ4v) is 5.26. The summed E-state index contributed by atoms with van der Waals surface area (Å²) in [5.41, 5.74) is 9.24. The van der Waals surface area contributed by atoms with Crippen molar-refractivity contribution in [2.45, 2.75) is 51.5 Å². The van der Waals surface area contributed by atoms with Crippen LogP contribution in [0.2, 0.25) is 0 Å². The van der Waals surface area contributed by atoms with Gasteiger partial charge in [0.2, 0.25) is 0 Å². The molecule has 160 valence electrons. The average Bonchev–Trinajstić information content (AvgIpc) is 3.01. The van der Waals surface area contributed by atoms with E-state index in [1.54, 1.807) is 13.8 Å². The van der Waals surface area contributed by atoms with Crippen LogP contribution in [0.5, 0.6) is 5.75 Å². The number of amidine groups is 1. The number of esters is 1. The molecule has 0 amide bonds. The van der Waals surface area contributed by atoms with Crippen LogP contribution in [0, 0.1) is 20.8 Å². The Morgan fingerprint density at radius 3 is 2.20 bits per heavy atom. The van der Waals surface area contributed by atoms with Gasteiger partial charge in [-0.25, -0.2) is 4.79 Å². The van der Waals surface area contributed by atoms with Gasteiger partial charge in [-0.15, -0.1) is 4.40 Å². The number of nitrogens with two attached hydrogens (primary N) is 1. The first-order valence-electron chi connectivity index (χ1n) is 9.49. The Morgan fingerprint density at radius 1 is 1.07 bits per heavy atom. The Bertz CT molecular complexity index is 1160. The smallest absolute Gasteiger partial charge is 0.337 e. The molecule has 30 heavy (non-hydrogen) atoms. The van der Waals surface area contributed by atoms with Crippen molar-refractivity contribution in [3.05, 3.63) is 57.6 Å². The zero-order chi connectivity index (χ0) is 22.4. The van der Waals surface area contributed by atoms with E-state index >= 15 is 0 Å². The molecule has 1 heterocycles. The van der Waals surface area contributed by atoms with Gasteiger partial charge < -0.3 is 15.2 Å². The van der Waals surface area contributed by atoms with Gasteiger partial charge in [0.05, 0.1) is 17.6 Å². The molecule has 0 aliphatic carbocycles. The number of carbonyl (C=O) groups excluding carboxylic acids is 1. The van der Waals surface area contributed by atoms with Gasteiger partial charge in [-0.05, 0) is 63.4 Å². The maximum Gasteiger partial charge on any atom is 0.337 e. The third kappa shape index (κ3) is 3.79. The Labute approximate surface area is 177 Å². The number of hydrogen-bond donors (Lipinski definition) is 1. The number of rotatable bonds is 4. The second kappa shape index (κ2) is 7.43. The molecule has 1 aliphatic rings. The second-order valence-electron chi connectivity index (χ2n) is 8.07. The Kier molecular flexibility index (Phi) is 5.41. The predicted molar refractivity (Wildman–Crippen MR) is 115 cm³/mol. The van der Waals surface area contributed by atoms with Crippen molar-refractivity contribution in [3.8, 4) is 5.75 Å². The van der Waals surface area contributed by atoms with Crippen molar-refractivity contribution >= 4 is 21.8 Å². The van der Waals surface area contributed by atoms with Gasteiger partial charge in [0.15, 0.2) is 0 Å². The largest absolute Gasteiger partial charge is 0.487 e. The third-order valence-electron chi connectivity index (χ3n) is 5.37. The van der Waals surface area contributed by atoms with Crippen molar-refractivity contribution < 1.29 is 22.7 Å². The van der Waals surface area contributed by atoms with E-state index in [1.165, 1.54) is 31.4 Å². The standard InChI is InChI=1S/C22H26N2O5S/c1-12-13(2)19(14(3)17-11-22(4,5)29-18(12)17)30(26,27)24-20(23)15-7-9-16(10-8-15)21(25)28-6/h7-10H,11H2,1-6H3,(H2,23,24). The Balaban J connectivity index is 2.06. The van der Waals surface area contributed by atoms with Crippen LogP contribution in [0.15, 0.2) is 33.6 Å². The number of fused-ring (bicyclic) bond motifs is 1. The first kappa shape index (κ1) is 21.8. The highest BCUT2D eigenvalue weighted by molar-refractivity contribution is 7.90. The van der Waals surface area contributed by atoms with Crippen LogP contribution >= 0.6 is 0 Å².